The number of fused-ring (bicyclic) bond motifs is 1. The molecule has 1 amide bonds. The van der Waals surface area contributed by atoms with Gasteiger partial charge in [-0.2, -0.15) is 0 Å². The van der Waals surface area contributed by atoms with E-state index in [0.717, 1.165) is 14.7 Å². The molecule has 0 radical (unpaired) electrons. The Morgan fingerprint density at radius 2 is 2.18 bits per heavy atom. The van der Waals surface area contributed by atoms with E-state index in [4.69, 9.17) is 0 Å². The van der Waals surface area contributed by atoms with Crippen LogP contribution in [-0.4, -0.2) is 12.1 Å². The van der Waals surface area contributed by atoms with Gasteiger partial charge in [0.05, 0.1) is 5.56 Å². The van der Waals surface area contributed by atoms with Crippen molar-refractivity contribution >= 4 is 34.7 Å². The first-order valence-electron chi connectivity index (χ1n) is 3.16. The molecule has 0 saturated carbocycles. The third kappa shape index (κ3) is 0.994. The minimum Gasteiger partial charge on any atom is -0.267 e. The second-order valence-corrected chi connectivity index (χ2v) is 3.43. The van der Waals surface area contributed by atoms with Crippen LogP contribution < -0.4 is 0 Å². The van der Waals surface area contributed by atoms with E-state index in [1.807, 2.05) is 18.2 Å². The number of carbonyl (C=O) groups excluding carboxylic acids is 1. The van der Waals surface area contributed by atoms with E-state index in [1.165, 1.54) is 0 Å². The van der Waals surface area contributed by atoms with Gasteiger partial charge in [-0.15, -0.1) is 0 Å². The van der Waals surface area contributed by atoms with Gasteiger partial charge < -0.3 is 0 Å². The van der Waals surface area contributed by atoms with Crippen LogP contribution in [0, 0.1) is 3.57 Å². The Balaban J connectivity index is 2.74. The normalized spacial score (nSPS) is 13.7. The molecule has 11 heavy (non-hydrogen) atoms. The summed E-state index contributed by atoms with van der Waals surface area (Å²) in [5.74, 6) is -0.120. The second kappa shape index (κ2) is 2.41. The highest BCUT2D eigenvalue weighted by Crippen LogP contribution is 2.20. The van der Waals surface area contributed by atoms with Gasteiger partial charge in [-0.3, -0.25) is 4.79 Å². The van der Waals surface area contributed by atoms with Crippen LogP contribution in [0.5, 0.6) is 0 Å². The monoisotopic (exact) mass is 257 g/mol. The molecule has 2 rings (SSSR count). The van der Waals surface area contributed by atoms with Gasteiger partial charge in [-0.05, 0) is 28.7 Å². The Bertz CT molecular complexity index is 357. The summed E-state index contributed by atoms with van der Waals surface area (Å²) in [4.78, 5) is 14.8. The molecule has 0 aromatic heterocycles. The minimum atomic E-state index is -0.120. The van der Waals surface area contributed by atoms with Crippen molar-refractivity contribution < 1.29 is 4.79 Å². The molecule has 2 nitrogen and oxygen atoms in total. The lowest BCUT2D eigenvalue weighted by molar-refractivity contribution is 0.101. The van der Waals surface area contributed by atoms with Crippen molar-refractivity contribution in [2.45, 2.75) is 0 Å². The van der Waals surface area contributed by atoms with Gasteiger partial charge >= 0.3 is 0 Å². The van der Waals surface area contributed by atoms with E-state index in [1.54, 1.807) is 6.21 Å². The number of carbonyl (C=O) groups is 1. The summed E-state index contributed by atoms with van der Waals surface area (Å²) in [5.41, 5.74) is 1.68. The third-order valence-electron chi connectivity index (χ3n) is 1.58. The summed E-state index contributed by atoms with van der Waals surface area (Å²) in [7, 11) is 0. The first kappa shape index (κ1) is 6.97. The van der Waals surface area contributed by atoms with Crippen LogP contribution in [0.4, 0.5) is 0 Å². The third-order valence-corrected chi connectivity index (χ3v) is 2.48. The summed E-state index contributed by atoms with van der Waals surface area (Å²) in [6, 6.07) is 5.73. The summed E-state index contributed by atoms with van der Waals surface area (Å²) in [6.45, 7) is 0. The number of rotatable bonds is 0. The smallest absolute Gasteiger partial charge is 0.267 e. The first-order chi connectivity index (χ1) is 5.29. The number of benzene rings is 1. The first-order valence-corrected chi connectivity index (χ1v) is 4.24. The summed E-state index contributed by atoms with van der Waals surface area (Å²) in [5, 5.41) is 0. The fourth-order valence-electron chi connectivity index (χ4n) is 1.07. The Hall–Kier alpha value is -0.710. The van der Waals surface area contributed by atoms with E-state index in [-0.39, 0.29) is 5.91 Å². The molecule has 0 aliphatic carbocycles. The number of nitrogens with zero attached hydrogens (tertiary/aromatic N) is 1. The van der Waals surface area contributed by atoms with Crippen LogP contribution in [0.15, 0.2) is 23.2 Å². The zero-order valence-corrected chi connectivity index (χ0v) is 7.70. The van der Waals surface area contributed by atoms with Crippen molar-refractivity contribution in [3.8, 4) is 0 Å². The molecule has 0 saturated heterocycles. The van der Waals surface area contributed by atoms with E-state index in [9.17, 15) is 4.79 Å². The zero-order valence-electron chi connectivity index (χ0n) is 5.54. The molecule has 0 atom stereocenters. The number of hydrogen-bond acceptors (Lipinski definition) is 1. The van der Waals surface area contributed by atoms with Gasteiger partial charge in [-0.25, -0.2) is 4.99 Å². The van der Waals surface area contributed by atoms with E-state index in [2.05, 4.69) is 27.6 Å². The molecule has 1 aliphatic heterocycles. The van der Waals surface area contributed by atoms with Crippen molar-refractivity contribution in [3.05, 3.63) is 32.9 Å². The SMILES string of the molecule is O=C1N=Cc2cccc(I)c21. The van der Waals surface area contributed by atoms with Crippen molar-refractivity contribution in [2.75, 3.05) is 0 Å². The van der Waals surface area contributed by atoms with Gasteiger partial charge in [0.15, 0.2) is 0 Å². The van der Waals surface area contributed by atoms with E-state index in [0.29, 0.717) is 0 Å². The molecule has 0 N–H and O–H groups in total. The van der Waals surface area contributed by atoms with Crippen LogP contribution in [0.25, 0.3) is 0 Å². The molecule has 1 aromatic carbocycles. The summed E-state index contributed by atoms with van der Waals surface area (Å²) in [6.07, 6.45) is 1.61. The quantitative estimate of drug-likeness (QED) is 0.652. The Morgan fingerprint density at radius 1 is 1.36 bits per heavy atom. The average molecular weight is 257 g/mol. The van der Waals surface area contributed by atoms with Gasteiger partial charge in [0, 0.05) is 15.3 Å². The van der Waals surface area contributed by atoms with Crippen LogP contribution in [0.1, 0.15) is 15.9 Å². The Kier molecular flexibility index (Phi) is 1.52. The van der Waals surface area contributed by atoms with Gasteiger partial charge in [0.2, 0.25) is 0 Å². The molecule has 3 heteroatoms. The summed E-state index contributed by atoms with van der Waals surface area (Å²) < 4.78 is 0.975. The highest BCUT2D eigenvalue weighted by molar-refractivity contribution is 14.1. The highest BCUT2D eigenvalue weighted by atomic mass is 127. The van der Waals surface area contributed by atoms with Crippen LogP contribution in [0.2, 0.25) is 0 Å². The van der Waals surface area contributed by atoms with E-state index < -0.39 is 0 Å². The predicted molar refractivity (Wildman–Crippen MR) is 51.1 cm³/mol. The second-order valence-electron chi connectivity index (χ2n) is 2.27. The fraction of sp³-hybridized carbons (Fsp3) is 0. The standard InChI is InChI=1S/C8H4INO/c9-6-3-1-2-5-4-10-8(11)7(5)6/h1-4H. The van der Waals surface area contributed by atoms with Crippen LogP contribution >= 0.6 is 22.6 Å². The summed E-state index contributed by atoms with van der Waals surface area (Å²) >= 11 is 2.14. The lowest BCUT2D eigenvalue weighted by atomic mass is 10.1. The molecule has 0 fully saturated rings. The molecule has 54 valence electrons. The lowest BCUT2D eigenvalue weighted by Crippen LogP contribution is -1.94. The lowest BCUT2D eigenvalue weighted by Gasteiger charge is -1.96. The maximum absolute atomic E-state index is 11.1. The number of amides is 1. The average Bonchev–Trinajstić information content (AvgIpc) is 2.34. The van der Waals surface area contributed by atoms with Crippen molar-refractivity contribution in [1.82, 2.24) is 0 Å². The fourth-order valence-corrected chi connectivity index (χ4v) is 1.82. The van der Waals surface area contributed by atoms with Crippen LogP contribution in [-0.2, 0) is 0 Å². The van der Waals surface area contributed by atoms with Crippen molar-refractivity contribution in [1.29, 1.82) is 0 Å². The predicted octanol–water partition coefficient (Wildman–Crippen LogP) is 1.86. The van der Waals surface area contributed by atoms with Crippen LogP contribution in [0.3, 0.4) is 0 Å². The van der Waals surface area contributed by atoms with Crippen molar-refractivity contribution in [3.63, 3.8) is 0 Å². The van der Waals surface area contributed by atoms with Gasteiger partial charge in [0.25, 0.3) is 5.91 Å². The number of aliphatic imine (C=N–C) groups is 1. The molecule has 0 spiro atoms. The Morgan fingerprint density at radius 3 is 2.91 bits per heavy atom. The molecule has 0 bridgehead atoms. The molecule has 0 unspecified atom stereocenters. The molecule has 1 aromatic rings. The highest BCUT2D eigenvalue weighted by Gasteiger charge is 2.17. The largest absolute Gasteiger partial charge is 0.278 e. The minimum absolute atomic E-state index is 0.120. The zero-order chi connectivity index (χ0) is 7.84. The maximum Gasteiger partial charge on any atom is 0.278 e. The molecular formula is C8H4INO. The van der Waals surface area contributed by atoms with E-state index >= 15 is 0 Å². The van der Waals surface area contributed by atoms with Crippen molar-refractivity contribution in [2.24, 2.45) is 4.99 Å². The Labute approximate surface area is 77.5 Å². The number of hydrogen-bond donors (Lipinski definition) is 0. The topological polar surface area (TPSA) is 29.4 Å². The number of halogens is 1. The molecular weight excluding hydrogens is 253 g/mol. The molecule has 1 heterocycles. The van der Waals surface area contributed by atoms with Gasteiger partial charge in [0.1, 0.15) is 0 Å². The van der Waals surface area contributed by atoms with Gasteiger partial charge in [-0.1, -0.05) is 12.1 Å². The maximum atomic E-state index is 11.1. The molecule has 1 aliphatic rings.